The predicted molar refractivity (Wildman–Crippen MR) is 139 cm³/mol. The van der Waals surface area contributed by atoms with E-state index in [1.807, 2.05) is 19.3 Å². The molecule has 0 saturated carbocycles. The number of Topliss-reactive ketones (excluding diaryl/α,β-unsaturated/α-hetero) is 1. The van der Waals surface area contributed by atoms with Gasteiger partial charge in [0.1, 0.15) is 0 Å². The van der Waals surface area contributed by atoms with Gasteiger partial charge in [0.2, 0.25) is 5.95 Å². The number of fused-ring (bicyclic) bond motifs is 1. The van der Waals surface area contributed by atoms with Crippen LogP contribution in [0.5, 0.6) is 0 Å². The number of benzene rings is 1. The summed E-state index contributed by atoms with van der Waals surface area (Å²) in [6.07, 6.45) is 10.8. The van der Waals surface area contributed by atoms with Crippen LogP contribution in [0.1, 0.15) is 71.8 Å². The molecular weight excluding hydrogens is 456 g/mol. The summed E-state index contributed by atoms with van der Waals surface area (Å²) in [5, 5.41) is 8.39. The van der Waals surface area contributed by atoms with Gasteiger partial charge in [0, 0.05) is 43.0 Å². The molecule has 5 rings (SSSR count). The molecule has 1 aliphatic rings. The molecule has 1 aliphatic carbocycles. The smallest absolute Gasteiger partial charge is 0.227 e. The van der Waals surface area contributed by atoms with Crippen molar-refractivity contribution in [2.24, 2.45) is 7.05 Å². The van der Waals surface area contributed by atoms with Crippen molar-refractivity contribution < 1.29 is 4.79 Å². The molecule has 0 amide bonds. The second kappa shape index (κ2) is 9.34. The molecule has 1 N–H and O–H groups in total. The molecule has 0 aliphatic heterocycles. The van der Waals surface area contributed by atoms with Gasteiger partial charge < -0.3 is 5.32 Å². The number of carbonyl (C=O) groups excluding carboxylic acids is 1. The molecule has 0 spiro atoms. The topological polar surface area (TPSA) is 85.6 Å². The molecule has 4 aromatic rings. The Morgan fingerprint density at radius 3 is 2.80 bits per heavy atom. The van der Waals surface area contributed by atoms with Gasteiger partial charge in [-0.3, -0.25) is 9.48 Å². The summed E-state index contributed by atoms with van der Waals surface area (Å²) in [7, 11) is 1.87. The van der Waals surface area contributed by atoms with E-state index < -0.39 is 0 Å². The third-order valence-electron chi connectivity index (χ3n) is 6.35. The molecule has 1 aromatic carbocycles. The largest absolute Gasteiger partial charge is 0.321 e. The number of hydrogen-bond donors (Lipinski definition) is 1. The second-order valence-corrected chi connectivity index (χ2v) is 11.2. The fourth-order valence-corrected chi connectivity index (χ4v) is 5.48. The van der Waals surface area contributed by atoms with Crippen LogP contribution in [0.4, 0.5) is 11.6 Å². The van der Waals surface area contributed by atoms with Crippen LogP contribution in [0.15, 0.2) is 49.1 Å². The van der Waals surface area contributed by atoms with Crippen LogP contribution in [0, 0.1) is 0 Å². The number of hydrogen-bond acceptors (Lipinski definition) is 7. The van der Waals surface area contributed by atoms with Crippen LogP contribution in [0.25, 0.3) is 11.3 Å². The van der Waals surface area contributed by atoms with Crippen molar-refractivity contribution in [3.63, 3.8) is 0 Å². The summed E-state index contributed by atoms with van der Waals surface area (Å²) in [4.78, 5) is 27.4. The van der Waals surface area contributed by atoms with Crippen molar-refractivity contribution in [3.8, 4) is 11.3 Å². The molecule has 7 nitrogen and oxygen atoms in total. The van der Waals surface area contributed by atoms with Gasteiger partial charge in [-0.25, -0.2) is 15.0 Å². The average Bonchev–Trinajstić information content (AvgIpc) is 3.49. The van der Waals surface area contributed by atoms with E-state index in [2.05, 4.69) is 59.4 Å². The first-order valence-corrected chi connectivity index (χ1v) is 12.8. The minimum absolute atomic E-state index is 0.0363. The number of thiazole rings is 1. The van der Waals surface area contributed by atoms with Crippen LogP contribution in [-0.2, 0) is 18.9 Å². The summed E-state index contributed by atoms with van der Waals surface area (Å²) < 4.78 is 1.73. The molecular formula is C27H30N6OS. The van der Waals surface area contributed by atoms with Crippen LogP contribution >= 0.6 is 11.3 Å². The monoisotopic (exact) mass is 486 g/mol. The Labute approximate surface area is 209 Å². The van der Waals surface area contributed by atoms with Crippen LogP contribution in [0.2, 0.25) is 0 Å². The standard InChI is InChI=1S/C27H30N6OS/c1-27(2,3)25-29-15-24(35-25)23(34)13-18-7-5-6-17-12-19(8-9-21(17)18)22-10-11-28-26(32-22)31-20-14-30-33(4)16-20/h8-12,14-16,18H,5-7,13H2,1-4H3,(H,28,31,32). The van der Waals surface area contributed by atoms with Crippen LogP contribution in [0.3, 0.4) is 0 Å². The number of ketones is 1. The van der Waals surface area contributed by atoms with E-state index in [0.717, 1.165) is 46.1 Å². The zero-order valence-corrected chi connectivity index (χ0v) is 21.4. The van der Waals surface area contributed by atoms with Crippen molar-refractivity contribution >= 4 is 28.8 Å². The predicted octanol–water partition coefficient (Wildman–Crippen LogP) is 6.07. The van der Waals surface area contributed by atoms with E-state index in [1.54, 1.807) is 23.3 Å². The van der Waals surface area contributed by atoms with Gasteiger partial charge in [0.15, 0.2) is 5.78 Å². The van der Waals surface area contributed by atoms with E-state index in [9.17, 15) is 4.79 Å². The minimum Gasteiger partial charge on any atom is -0.321 e. The lowest BCUT2D eigenvalue weighted by atomic mass is 9.79. The number of aryl methyl sites for hydroxylation is 2. The average molecular weight is 487 g/mol. The van der Waals surface area contributed by atoms with E-state index in [1.165, 1.54) is 22.5 Å². The Bertz CT molecular complexity index is 1370. The molecule has 3 aromatic heterocycles. The maximum absolute atomic E-state index is 13.1. The lowest BCUT2D eigenvalue weighted by molar-refractivity contribution is 0.0975. The van der Waals surface area contributed by atoms with Crippen LogP contribution < -0.4 is 5.32 Å². The van der Waals surface area contributed by atoms with Gasteiger partial charge >= 0.3 is 0 Å². The Kier molecular flexibility index (Phi) is 6.23. The third-order valence-corrected chi connectivity index (χ3v) is 7.81. The van der Waals surface area contributed by atoms with Gasteiger partial charge in [-0.05, 0) is 48.4 Å². The number of rotatable bonds is 6. The quantitative estimate of drug-likeness (QED) is 0.333. The Balaban J connectivity index is 1.34. The number of nitrogens with zero attached hydrogens (tertiary/aromatic N) is 5. The summed E-state index contributed by atoms with van der Waals surface area (Å²) >= 11 is 1.53. The summed E-state index contributed by atoms with van der Waals surface area (Å²) in [6.45, 7) is 6.39. The van der Waals surface area contributed by atoms with Gasteiger partial charge in [0.05, 0.1) is 27.5 Å². The molecule has 8 heteroatoms. The maximum Gasteiger partial charge on any atom is 0.227 e. The highest BCUT2D eigenvalue weighted by Gasteiger charge is 2.26. The molecule has 3 heterocycles. The number of nitrogens with one attached hydrogen (secondary N) is 1. The van der Waals surface area contributed by atoms with E-state index in [-0.39, 0.29) is 17.1 Å². The number of carbonyl (C=O) groups is 1. The highest BCUT2D eigenvalue weighted by atomic mass is 32.1. The van der Waals surface area contributed by atoms with E-state index in [4.69, 9.17) is 4.98 Å². The maximum atomic E-state index is 13.1. The molecule has 1 unspecified atom stereocenters. The fourth-order valence-electron chi connectivity index (χ4n) is 4.56. The minimum atomic E-state index is -0.0363. The fraction of sp³-hybridized carbons (Fsp3) is 0.370. The van der Waals surface area contributed by atoms with E-state index in [0.29, 0.717) is 12.4 Å². The summed E-state index contributed by atoms with van der Waals surface area (Å²) in [5.74, 6) is 0.978. The van der Waals surface area contributed by atoms with Crippen molar-refractivity contribution in [2.45, 2.75) is 57.8 Å². The lowest BCUT2D eigenvalue weighted by Crippen LogP contribution is -2.14. The van der Waals surface area contributed by atoms with Crippen molar-refractivity contribution in [2.75, 3.05) is 5.32 Å². The molecule has 180 valence electrons. The normalized spacial score (nSPS) is 15.6. The van der Waals surface area contributed by atoms with E-state index >= 15 is 0 Å². The first kappa shape index (κ1) is 23.4. The first-order chi connectivity index (χ1) is 16.8. The second-order valence-electron chi connectivity index (χ2n) is 10.2. The Morgan fingerprint density at radius 1 is 1.20 bits per heavy atom. The van der Waals surface area contributed by atoms with Crippen molar-refractivity contribution in [1.82, 2.24) is 24.7 Å². The Hall–Kier alpha value is -3.39. The van der Waals surface area contributed by atoms with Gasteiger partial charge in [-0.2, -0.15) is 5.10 Å². The molecule has 0 radical (unpaired) electrons. The molecule has 0 fully saturated rings. The van der Waals surface area contributed by atoms with Gasteiger partial charge in [0.25, 0.3) is 0 Å². The SMILES string of the molecule is Cn1cc(Nc2nccc(-c3ccc4c(c3)CCCC4CC(=O)c3cnc(C(C)(C)C)s3)n2)cn1. The molecule has 0 bridgehead atoms. The first-order valence-electron chi connectivity index (χ1n) is 12.0. The molecule has 0 saturated heterocycles. The van der Waals surface area contributed by atoms with Gasteiger partial charge in [-0.1, -0.05) is 32.9 Å². The summed E-state index contributed by atoms with van der Waals surface area (Å²) in [5.41, 5.74) is 5.34. The number of anilines is 2. The molecule has 1 atom stereocenters. The number of aromatic nitrogens is 5. The van der Waals surface area contributed by atoms with Crippen LogP contribution in [-0.4, -0.2) is 30.5 Å². The third kappa shape index (κ3) is 5.17. The zero-order valence-electron chi connectivity index (χ0n) is 20.6. The summed E-state index contributed by atoms with van der Waals surface area (Å²) in [6, 6.07) is 8.46. The molecule has 35 heavy (non-hydrogen) atoms. The zero-order chi connectivity index (χ0) is 24.6. The Morgan fingerprint density at radius 2 is 2.06 bits per heavy atom. The lowest BCUT2D eigenvalue weighted by Gasteiger charge is -2.25. The highest BCUT2D eigenvalue weighted by molar-refractivity contribution is 7.13. The highest BCUT2D eigenvalue weighted by Crippen LogP contribution is 2.37. The van der Waals surface area contributed by atoms with Crippen molar-refractivity contribution in [3.05, 3.63) is 70.1 Å². The van der Waals surface area contributed by atoms with Gasteiger partial charge in [-0.15, -0.1) is 11.3 Å². The van der Waals surface area contributed by atoms with Crippen molar-refractivity contribution in [1.29, 1.82) is 0 Å².